The third-order valence-corrected chi connectivity index (χ3v) is 5.09. The van der Waals surface area contributed by atoms with Crippen LogP contribution in [-0.2, 0) is 4.79 Å². The highest BCUT2D eigenvalue weighted by atomic mass is 16.2. The maximum Gasteiger partial charge on any atom is 0.251 e. The Bertz CT molecular complexity index is 844. The zero-order valence-corrected chi connectivity index (χ0v) is 15.8. The summed E-state index contributed by atoms with van der Waals surface area (Å²) in [7, 11) is 0. The molecular weight excluding hydrogens is 324 g/mol. The number of aryl methyl sites for hydroxylation is 2. The molecule has 136 valence electrons. The van der Waals surface area contributed by atoms with Crippen LogP contribution in [0.1, 0.15) is 53.4 Å². The Morgan fingerprint density at radius 3 is 2.54 bits per heavy atom. The highest BCUT2D eigenvalue weighted by Gasteiger charge is 2.39. The van der Waals surface area contributed by atoms with Crippen LogP contribution < -0.4 is 10.6 Å². The van der Waals surface area contributed by atoms with Crippen LogP contribution in [0.3, 0.4) is 0 Å². The van der Waals surface area contributed by atoms with E-state index in [0.29, 0.717) is 17.2 Å². The van der Waals surface area contributed by atoms with E-state index in [2.05, 4.69) is 35.8 Å². The second-order valence-corrected chi connectivity index (χ2v) is 7.44. The van der Waals surface area contributed by atoms with Crippen molar-refractivity contribution >= 4 is 17.5 Å². The molecule has 0 radical (unpaired) electrons. The van der Waals surface area contributed by atoms with Crippen molar-refractivity contribution < 1.29 is 9.59 Å². The van der Waals surface area contributed by atoms with Crippen LogP contribution in [-0.4, -0.2) is 11.8 Å². The zero-order chi connectivity index (χ0) is 18.8. The van der Waals surface area contributed by atoms with Gasteiger partial charge in [0.2, 0.25) is 5.91 Å². The maximum absolute atomic E-state index is 12.6. The summed E-state index contributed by atoms with van der Waals surface area (Å²) in [6.07, 6.45) is 0.944. The van der Waals surface area contributed by atoms with Gasteiger partial charge in [0.1, 0.15) is 0 Å². The van der Waals surface area contributed by atoms with Crippen molar-refractivity contribution in [2.75, 3.05) is 5.32 Å². The molecule has 4 nitrogen and oxygen atoms in total. The average Bonchev–Trinajstić information content (AvgIpc) is 3.34. The standard InChI is InChI=1S/C22H26N2O2/c1-13-8-9-14(2)19(10-13)16(4)23-21(25)17-6-5-7-18(12-17)24-22(26)20-11-15(20)3/h5-10,12,15-16,20H,11H2,1-4H3,(H,23,25)(H,24,26). The van der Waals surface area contributed by atoms with E-state index in [9.17, 15) is 9.59 Å². The first-order valence-corrected chi connectivity index (χ1v) is 9.14. The number of amides is 2. The van der Waals surface area contributed by atoms with Gasteiger partial charge in [0.05, 0.1) is 6.04 Å². The van der Waals surface area contributed by atoms with Crippen LogP contribution in [0.15, 0.2) is 42.5 Å². The fourth-order valence-electron chi connectivity index (χ4n) is 3.24. The van der Waals surface area contributed by atoms with Crippen molar-refractivity contribution in [1.82, 2.24) is 5.32 Å². The number of carbonyl (C=O) groups excluding carboxylic acids is 2. The normalized spacial score (nSPS) is 19.5. The van der Waals surface area contributed by atoms with E-state index in [1.54, 1.807) is 18.2 Å². The number of anilines is 1. The molecule has 1 saturated carbocycles. The molecule has 3 atom stereocenters. The minimum Gasteiger partial charge on any atom is -0.346 e. The van der Waals surface area contributed by atoms with Gasteiger partial charge in [-0.05, 0) is 62.4 Å². The highest BCUT2D eigenvalue weighted by Crippen LogP contribution is 2.38. The Labute approximate surface area is 155 Å². The SMILES string of the molecule is Cc1ccc(C)c(C(C)NC(=O)c2cccc(NC(=O)C3CC3C)c2)c1. The van der Waals surface area contributed by atoms with Crippen LogP contribution in [0.4, 0.5) is 5.69 Å². The minimum absolute atomic E-state index is 0.0406. The predicted molar refractivity (Wildman–Crippen MR) is 104 cm³/mol. The van der Waals surface area contributed by atoms with Gasteiger partial charge in [-0.1, -0.05) is 36.8 Å². The number of carbonyl (C=O) groups is 2. The van der Waals surface area contributed by atoms with Crippen molar-refractivity contribution in [3.63, 3.8) is 0 Å². The summed E-state index contributed by atoms with van der Waals surface area (Å²) in [4.78, 5) is 24.7. The Morgan fingerprint density at radius 1 is 1.12 bits per heavy atom. The van der Waals surface area contributed by atoms with Crippen molar-refractivity contribution in [3.8, 4) is 0 Å². The van der Waals surface area contributed by atoms with Crippen molar-refractivity contribution in [3.05, 3.63) is 64.7 Å². The largest absolute Gasteiger partial charge is 0.346 e. The van der Waals surface area contributed by atoms with E-state index in [1.807, 2.05) is 26.8 Å². The predicted octanol–water partition coefficient (Wildman–Crippen LogP) is 4.39. The molecule has 3 unspecified atom stereocenters. The molecule has 0 aliphatic heterocycles. The first-order valence-electron chi connectivity index (χ1n) is 9.14. The molecule has 1 aliphatic rings. The molecule has 2 amide bonds. The van der Waals surface area contributed by atoms with Crippen LogP contribution >= 0.6 is 0 Å². The molecule has 4 heteroatoms. The summed E-state index contributed by atoms with van der Waals surface area (Å²) >= 11 is 0. The molecule has 0 spiro atoms. The Balaban J connectivity index is 1.68. The number of rotatable bonds is 5. The molecule has 0 saturated heterocycles. The van der Waals surface area contributed by atoms with Gasteiger partial charge in [-0.25, -0.2) is 0 Å². The molecule has 2 N–H and O–H groups in total. The van der Waals surface area contributed by atoms with E-state index in [0.717, 1.165) is 17.5 Å². The van der Waals surface area contributed by atoms with Gasteiger partial charge in [0.25, 0.3) is 5.91 Å². The van der Waals surface area contributed by atoms with E-state index in [4.69, 9.17) is 0 Å². The Hall–Kier alpha value is -2.62. The van der Waals surface area contributed by atoms with Crippen LogP contribution in [0.2, 0.25) is 0 Å². The summed E-state index contributed by atoms with van der Waals surface area (Å²) in [5, 5.41) is 5.96. The Kier molecular flexibility index (Phi) is 5.12. The zero-order valence-electron chi connectivity index (χ0n) is 15.8. The molecule has 0 heterocycles. The second-order valence-electron chi connectivity index (χ2n) is 7.44. The lowest BCUT2D eigenvalue weighted by Crippen LogP contribution is -2.27. The first kappa shape index (κ1) is 18.2. The molecule has 3 rings (SSSR count). The summed E-state index contributed by atoms with van der Waals surface area (Å²) < 4.78 is 0. The summed E-state index contributed by atoms with van der Waals surface area (Å²) in [5.41, 5.74) is 4.66. The molecule has 1 fully saturated rings. The van der Waals surface area contributed by atoms with Gasteiger partial charge in [-0.3, -0.25) is 9.59 Å². The number of nitrogens with one attached hydrogen (secondary N) is 2. The van der Waals surface area contributed by atoms with E-state index in [1.165, 1.54) is 5.56 Å². The van der Waals surface area contributed by atoms with Gasteiger partial charge in [0.15, 0.2) is 0 Å². The van der Waals surface area contributed by atoms with Crippen molar-refractivity contribution in [1.29, 1.82) is 0 Å². The fraction of sp³-hybridized carbons (Fsp3) is 0.364. The number of hydrogen-bond acceptors (Lipinski definition) is 2. The van der Waals surface area contributed by atoms with Crippen LogP contribution in [0.5, 0.6) is 0 Å². The summed E-state index contributed by atoms with van der Waals surface area (Å²) in [6.45, 7) is 8.15. The molecule has 0 bridgehead atoms. The minimum atomic E-state index is -0.144. The fourth-order valence-corrected chi connectivity index (χ4v) is 3.24. The van der Waals surface area contributed by atoms with Crippen LogP contribution in [0, 0.1) is 25.7 Å². The average molecular weight is 350 g/mol. The van der Waals surface area contributed by atoms with E-state index in [-0.39, 0.29) is 23.8 Å². The maximum atomic E-state index is 12.6. The topological polar surface area (TPSA) is 58.2 Å². The molecule has 0 aromatic heterocycles. The van der Waals surface area contributed by atoms with E-state index < -0.39 is 0 Å². The Morgan fingerprint density at radius 2 is 1.85 bits per heavy atom. The van der Waals surface area contributed by atoms with Crippen molar-refractivity contribution in [2.24, 2.45) is 11.8 Å². The first-order chi connectivity index (χ1) is 12.3. The molecular formula is C22H26N2O2. The molecule has 2 aromatic carbocycles. The van der Waals surface area contributed by atoms with Gasteiger partial charge in [0, 0.05) is 17.2 Å². The van der Waals surface area contributed by atoms with Crippen LogP contribution in [0.25, 0.3) is 0 Å². The lowest BCUT2D eigenvalue weighted by molar-refractivity contribution is -0.117. The lowest BCUT2D eigenvalue weighted by atomic mass is 9.99. The molecule has 1 aliphatic carbocycles. The lowest BCUT2D eigenvalue weighted by Gasteiger charge is -2.17. The third kappa shape index (κ3) is 4.13. The van der Waals surface area contributed by atoms with Gasteiger partial charge < -0.3 is 10.6 Å². The third-order valence-electron chi connectivity index (χ3n) is 5.09. The second kappa shape index (κ2) is 7.32. The summed E-state index contributed by atoms with van der Waals surface area (Å²) in [5.74, 6) is 0.463. The monoisotopic (exact) mass is 350 g/mol. The number of hydrogen-bond donors (Lipinski definition) is 2. The van der Waals surface area contributed by atoms with Gasteiger partial charge in [-0.2, -0.15) is 0 Å². The smallest absolute Gasteiger partial charge is 0.251 e. The quantitative estimate of drug-likeness (QED) is 0.840. The molecule has 26 heavy (non-hydrogen) atoms. The highest BCUT2D eigenvalue weighted by molar-refractivity contribution is 5.98. The molecule has 2 aromatic rings. The van der Waals surface area contributed by atoms with Gasteiger partial charge in [-0.15, -0.1) is 0 Å². The van der Waals surface area contributed by atoms with Gasteiger partial charge >= 0.3 is 0 Å². The van der Waals surface area contributed by atoms with Crippen molar-refractivity contribution in [2.45, 2.75) is 40.2 Å². The number of benzene rings is 2. The van der Waals surface area contributed by atoms with E-state index >= 15 is 0 Å². The summed E-state index contributed by atoms with van der Waals surface area (Å²) in [6, 6.07) is 13.3.